The third-order valence-electron chi connectivity index (χ3n) is 7.32. The fourth-order valence-electron chi connectivity index (χ4n) is 5.14. The van der Waals surface area contributed by atoms with E-state index in [2.05, 4.69) is 10.2 Å². The van der Waals surface area contributed by atoms with Crippen LogP contribution in [0, 0.1) is 0 Å². The molecule has 2 atom stereocenters. The maximum Gasteiger partial charge on any atom is 0.256 e. The largest absolute Gasteiger partial charge is 0.390 e. The molecule has 2 aliphatic rings. The van der Waals surface area contributed by atoms with Crippen LogP contribution >= 0.6 is 34.8 Å². The number of aliphatic hydroxyl groups excluding tert-OH is 1. The summed E-state index contributed by atoms with van der Waals surface area (Å²) in [6, 6.07) is 19.3. The van der Waals surface area contributed by atoms with Crippen LogP contribution in [-0.2, 0) is 6.54 Å². The number of nitrogens with one attached hydrogen (secondary N) is 1. The number of hydrogen-bond acceptors (Lipinski definition) is 5. The molecule has 2 saturated heterocycles. The molecule has 3 aromatic carbocycles. The fourth-order valence-corrected chi connectivity index (χ4v) is 5.57. The number of piperazine rings is 1. The van der Waals surface area contributed by atoms with E-state index in [9.17, 15) is 14.7 Å². The van der Waals surface area contributed by atoms with E-state index < -0.39 is 6.10 Å². The van der Waals surface area contributed by atoms with E-state index in [1.807, 2.05) is 29.2 Å². The Kier molecular flexibility index (Phi) is 8.64. The van der Waals surface area contributed by atoms with Crippen molar-refractivity contribution in [3.63, 3.8) is 0 Å². The zero-order chi connectivity index (χ0) is 27.5. The predicted octanol–water partition coefficient (Wildman–Crippen LogP) is 4.90. The van der Waals surface area contributed by atoms with E-state index in [0.717, 1.165) is 5.56 Å². The molecular formula is C29H29Cl3N4O3. The van der Waals surface area contributed by atoms with Gasteiger partial charge in [-0.1, -0.05) is 46.9 Å². The summed E-state index contributed by atoms with van der Waals surface area (Å²) in [5.74, 6) is -0.195. The van der Waals surface area contributed by atoms with Gasteiger partial charge in [0.15, 0.2) is 0 Å². The van der Waals surface area contributed by atoms with Crippen LogP contribution in [0.1, 0.15) is 26.3 Å². The van der Waals surface area contributed by atoms with Gasteiger partial charge in [0.2, 0.25) is 0 Å². The highest BCUT2D eigenvalue weighted by Gasteiger charge is 2.39. The summed E-state index contributed by atoms with van der Waals surface area (Å²) in [5, 5.41) is 16.0. The maximum atomic E-state index is 13.6. The van der Waals surface area contributed by atoms with Crippen LogP contribution in [0.4, 0.5) is 5.69 Å². The van der Waals surface area contributed by atoms with Crippen LogP contribution in [0.2, 0.25) is 15.1 Å². The molecule has 0 unspecified atom stereocenters. The molecule has 2 N–H and O–H groups in total. The molecule has 7 nitrogen and oxygen atoms in total. The van der Waals surface area contributed by atoms with Gasteiger partial charge in [-0.05, 0) is 60.2 Å². The lowest BCUT2D eigenvalue weighted by atomic mass is 10.1. The number of carbonyl (C=O) groups is 2. The van der Waals surface area contributed by atoms with Crippen LogP contribution < -0.4 is 5.32 Å². The van der Waals surface area contributed by atoms with Crippen LogP contribution in [-0.4, -0.2) is 83.0 Å². The first kappa shape index (κ1) is 27.7. The summed E-state index contributed by atoms with van der Waals surface area (Å²) >= 11 is 18.2. The molecule has 5 rings (SSSR count). The average molecular weight is 588 g/mol. The van der Waals surface area contributed by atoms with E-state index in [0.29, 0.717) is 71.2 Å². The number of anilines is 1. The number of nitrogens with zero attached hydrogens (tertiary/aromatic N) is 3. The van der Waals surface area contributed by atoms with Crippen molar-refractivity contribution in [1.82, 2.24) is 14.7 Å². The first-order valence-electron chi connectivity index (χ1n) is 12.8. The molecule has 204 valence electrons. The summed E-state index contributed by atoms with van der Waals surface area (Å²) in [7, 11) is 0. The summed E-state index contributed by atoms with van der Waals surface area (Å²) in [6.45, 7) is 3.50. The zero-order valence-corrected chi connectivity index (χ0v) is 23.5. The summed E-state index contributed by atoms with van der Waals surface area (Å²) < 4.78 is 0. The molecule has 0 aliphatic carbocycles. The standard InChI is InChI=1S/C29H29Cl3N4O3/c30-21-5-1-19(2-6-21)16-33-25-15-23(32)9-10-24(25)29(39)36-17-26(27(37)18-36)34-11-13-35(14-12-34)28(38)20-3-7-22(31)8-4-20/h1-10,15,26-27,33,37H,11-14,16-18H2/t26-,27-/m1/s1. The van der Waals surface area contributed by atoms with E-state index in [1.54, 1.807) is 47.4 Å². The number of benzene rings is 3. The second-order valence-corrected chi connectivity index (χ2v) is 11.2. The number of carbonyl (C=O) groups excluding carboxylic acids is 2. The SMILES string of the molecule is O=C(c1ccc(Cl)cc1)N1CCN([C@@H]2CN(C(=O)c3ccc(Cl)cc3NCc3ccc(Cl)cc3)C[C@H]2O)CC1. The van der Waals surface area contributed by atoms with E-state index in [-0.39, 0.29) is 24.4 Å². The second-order valence-electron chi connectivity index (χ2n) is 9.85. The molecule has 0 radical (unpaired) electrons. The number of β-amino-alcohol motifs (C(OH)–C–C–N with tert-alkyl or cyclic N) is 1. The van der Waals surface area contributed by atoms with Gasteiger partial charge in [0.25, 0.3) is 11.8 Å². The Morgan fingerprint density at radius 3 is 2.05 bits per heavy atom. The number of halogens is 3. The summed E-state index contributed by atoms with van der Waals surface area (Å²) in [5.41, 5.74) is 2.76. The minimum Gasteiger partial charge on any atom is -0.390 e. The Balaban J connectivity index is 1.21. The number of hydrogen-bond donors (Lipinski definition) is 2. The van der Waals surface area contributed by atoms with Crippen molar-refractivity contribution < 1.29 is 14.7 Å². The third kappa shape index (κ3) is 6.51. The van der Waals surface area contributed by atoms with Gasteiger partial charge in [0, 0.05) is 72.1 Å². The van der Waals surface area contributed by atoms with Gasteiger partial charge in [-0.3, -0.25) is 14.5 Å². The zero-order valence-electron chi connectivity index (χ0n) is 21.2. The molecule has 0 aromatic heterocycles. The Morgan fingerprint density at radius 2 is 1.38 bits per heavy atom. The second kappa shape index (κ2) is 12.1. The maximum absolute atomic E-state index is 13.6. The van der Waals surface area contributed by atoms with Gasteiger partial charge in [-0.15, -0.1) is 0 Å². The van der Waals surface area contributed by atoms with Crippen molar-refractivity contribution in [2.75, 3.05) is 44.6 Å². The summed E-state index contributed by atoms with van der Waals surface area (Å²) in [6.07, 6.45) is -0.676. The molecule has 2 fully saturated rings. The topological polar surface area (TPSA) is 76.1 Å². The fraction of sp³-hybridized carbons (Fsp3) is 0.310. The lowest BCUT2D eigenvalue weighted by Gasteiger charge is -2.38. The molecule has 39 heavy (non-hydrogen) atoms. The first-order chi connectivity index (χ1) is 18.8. The van der Waals surface area contributed by atoms with Crippen molar-refractivity contribution in [2.45, 2.75) is 18.7 Å². The van der Waals surface area contributed by atoms with Crippen molar-refractivity contribution in [1.29, 1.82) is 0 Å². The van der Waals surface area contributed by atoms with Gasteiger partial charge < -0.3 is 20.2 Å². The van der Waals surface area contributed by atoms with Gasteiger partial charge >= 0.3 is 0 Å². The molecule has 3 aromatic rings. The van der Waals surface area contributed by atoms with Gasteiger partial charge in [0.05, 0.1) is 17.7 Å². The number of amides is 2. The number of rotatable bonds is 6. The van der Waals surface area contributed by atoms with Crippen molar-refractivity contribution in [3.05, 3.63) is 98.5 Å². The van der Waals surface area contributed by atoms with Gasteiger partial charge in [-0.25, -0.2) is 0 Å². The monoisotopic (exact) mass is 586 g/mol. The van der Waals surface area contributed by atoms with Crippen LogP contribution in [0.25, 0.3) is 0 Å². The minimum absolute atomic E-state index is 0.0311. The third-order valence-corrected chi connectivity index (χ3v) is 8.06. The van der Waals surface area contributed by atoms with E-state index in [1.165, 1.54) is 0 Å². The average Bonchev–Trinajstić information content (AvgIpc) is 3.34. The van der Waals surface area contributed by atoms with Gasteiger partial charge in [-0.2, -0.15) is 0 Å². The van der Waals surface area contributed by atoms with E-state index in [4.69, 9.17) is 34.8 Å². The molecule has 2 aliphatic heterocycles. The molecular weight excluding hydrogens is 559 g/mol. The Bertz CT molecular complexity index is 1330. The first-order valence-corrected chi connectivity index (χ1v) is 14.0. The predicted molar refractivity (Wildman–Crippen MR) is 155 cm³/mol. The van der Waals surface area contributed by atoms with Crippen molar-refractivity contribution in [2.24, 2.45) is 0 Å². The molecule has 2 heterocycles. The minimum atomic E-state index is -0.676. The van der Waals surface area contributed by atoms with Crippen LogP contribution in [0.5, 0.6) is 0 Å². The van der Waals surface area contributed by atoms with E-state index >= 15 is 0 Å². The highest BCUT2D eigenvalue weighted by molar-refractivity contribution is 6.31. The van der Waals surface area contributed by atoms with Crippen LogP contribution in [0.3, 0.4) is 0 Å². The Labute approximate surface area is 242 Å². The number of likely N-dealkylation sites (tertiary alicyclic amines) is 1. The smallest absolute Gasteiger partial charge is 0.256 e. The van der Waals surface area contributed by atoms with Crippen molar-refractivity contribution in [3.8, 4) is 0 Å². The molecule has 0 spiro atoms. The highest BCUT2D eigenvalue weighted by atomic mass is 35.5. The van der Waals surface area contributed by atoms with Crippen molar-refractivity contribution >= 4 is 52.3 Å². The lowest BCUT2D eigenvalue weighted by Crippen LogP contribution is -2.54. The highest BCUT2D eigenvalue weighted by Crippen LogP contribution is 2.27. The van der Waals surface area contributed by atoms with Gasteiger partial charge in [0.1, 0.15) is 0 Å². The lowest BCUT2D eigenvalue weighted by molar-refractivity contribution is 0.0376. The molecule has 0 bridgehead atoms. The normalized spacial score (nSPS) is 19.8. The quantitative estimate of drug-likeness (QED) is 0.429. The molecule has 0 saturated carbocycles. The Hall–Kier alpha value is -2.81. The number of aliphatic hydroxyl groups is 1. The van der Waals surface area contributed by atoms with Crippen LogP contribution in [0.15, 0.2) is 66.7 Å². The Morgan fingerprint density at radius 1 is 0.769 bits per heavy atom. The molecule has 2 amide bonds. The summed E-state index contributed by atoms with van der Waals surface area (Å²) in [4.78, 5) is 32.1. The molecule has 10 heteroatoms.